The number of benzene rings is 3. The van der Waals surface area contributed by atoms with Gasteiger partial charge in [-0.05, 0) is 85.9 Å². The van der Waals surface area contributed by atoms with E-state index in [1.54, 1.807) is 34.2 Å². The highest BCUT2D eigenvalue weighted by Gasteiger charge is 2.48. The summed E-state index contributed by atoms with van der Waals surface area (Å²) in [7, 11) is 3.30. The third kappa shape index (κ3) is 7.81. The molecule has 0 bridgehead atoms. The van der Waals surface area contributed by atoms with Crippen molar-refractivity contribution in [3.8, 4) is 0 Å². The number of carbonyl (C=O) groups excluding carboxylic acids is 3. The van der Waals surface area contributed by atoms with Crippen LogP contribution in [0.15, 0.2) is 77.7 Å². The van der Waals surface area contributed by atoms with E-state index >= 15 is 0 Å². The maximum Gasteiger partial charge on any atom is 0.329 e. The fraction of sp³-hybridized carbons (Fsp3) is 0.429. The summed E-state index contributed by atoms with van der Waals surface area (Å²) in [5.41, 5.74) is 4.91. The van der Waals surface area contributed by atoms with E-state index in [1.165, 1.54) is 0 Å². The third-order valence-corrected chi connectivity index (χ3v) is 11.9. The lowest BCUT2D eigenvalue weighted by Crippen LogP contribution is -2.56. The molecule has 2 aliphatic heterocycles. The molecule has 0 saturated carbocycles. The summed E-state index contributed by atoms with van der Waals surface area (Å²) in [4.78, 5) is 61.5. The number of likely N-dealkylation sites (tertiary alicyclic amines) is 2. The van der Waals surface area contributed by atoms with Crippen LogP contribution in [-0.4, -0.2) is 86.0 Å². The van der Waals surface area contributed by atoms with Gasteiger partial charge in [0.25, 0.3) is 0 Å². The monoisotopic (exact) mass is 767 g/mol. The Bertz CT molecular complexity index is 2260. The van der Waals surface area contributed by atoms with E-state index in [1.807, 2.05) is 85.6 Å². The van der Waals surface area contributed by atoms with Crippen molar-refractivity contribution in [2.75, 3.05) is 33.2 Å². The van der Waals surface area contributed by atoms with Crippen LogP contribution < -0.4 is 16.3 Å². The van der Waals surface area contributed by atoms with E-state index in [9.17, 15) is 24.3 Å². The Hall–Kier alpha value is -4.91. The van der Waals surface area contributed by atoms with Crippen LogP contribution in [0.1, 0.15) is 55.6 Å². The number of halogens is 1. The van der Waals surface area contributed by atoms with Crippen molar-refractivity contribution in [3.05, 3.63) is 105 Å². The number of aryl methyl sites for hydroxylation is 2. The average Bonchev–Trinajstić information content (AvgIpc) is 3.86. The first-order valence-corrected chi connectivity index (χ1v) is 19.5. The van der Waals surface area contributed by atoms with Gasteiger partial charge in [0.1, 0.15) is 12.3 Å². The van der Waals surface area contributed by atoms with E-state index in [2.05, 4.69) is 15.6 Å². The minimum absolute atomic E-state index is 0.0243. The molecule has 5 aromatic rings. The zero-order chi connectivity index (χ0) is 39.0. The van der Waals surface area contributed by atoms with Crippen LogP contribution in [0.2, 0.25) is 5.02 Å². The Morgan fingerprint density at radius 3 is 2.51 bits per heavy atom. The van der Waals surface area contributed by atoms with Crippen molar-refractivity contribution in [1.82, 2.24) is 34.6 Å². The van der Waals surface area contributed by atoms with Gasteiger partial charge in [-0.15, -0.1) is 0 Å². The first-order valence-electron chi connectivity index (χ1n) is 19.2. The van der Waals surface area contributed by atoms with Gasteiger partial charge < -0.3 is 25.6 Å². The fourth-order valence-electron chi connectivity index (χ4n) is 8.70. The number of aromatic amines is 1. The summed E-state index contributed by atoms with van der Waals surface area (Å²) in [6.45, 7) is 5.46. The number of hydrogen-bond acceptors (Lipinski definition) is 6. The van der Waals surface area contributed by atoms with Gasteiger partial charge in [-0.3, -0.25) is 28.4 Å². The predicted molar refractivity (Wildman–Crippen MR) is 214 cm³/mol. The topological polar surface area (TPSA) is 145 Å². The van der Waals surface area contributed by atoms with Gasteiger partial charge in [0, 0.05) is 68.4 Å². The molecule has 7 rings (SSSR count). The van der Waals surface area contributed by atoms with Crippen LogP contribution >= 0.6 is 11.6 Å². The molecule has 3 aromatic carbocycles. The number of likely N-dealkylation sites (N-methyl/N-ethyl adjacent to an activating group) is 1. The highest BCUT2D eigenvalue weighted by molar-refractivity contribution is 6.31. The van der Waals surface area contributed by atoms with Crippen molar-refractivity contribution >= 4 is 51.3 Å². The molecule has 2 fully saturated rings. The molecule has 2 aliphatic rings. The minimum atomic E-state index is -0.991. The highest BCUT2D eigenvalue weighted by atomic mass is 35.5. The summed E-state index contributed by atoms with van der Waals surface area (Å²) in [6, 6.07) is 20.4. The Labute approximate surface area is 325 Å². The van der Waals surface area contributed by atoms with Gasteiger partial charge in [0.2, 0.25) is 17.7 Å². The Morgan fingerprint density at radius 2 is 1.76 bits per heavy atom. The Balaban J connectivity index is 1.13. The fourth-order valence-corrected chi connectivity index (χ4v) is 8.87. The second-order valence-electron chi connectivity index (χ2n) is 15.4. The smallest absolute Gasteiger partial charge is 0.329 e. The standard InChI is InChI=1S/C42H50ClN7O5/c1-25(2)50-36-16-13-27(17-37(36)47(4)42(50)55)41(54)49-22-29-21-48(38(51)18-28-20-45-35-19-30(43)14-15-31(28)35)24-33(32(29)23-49)39(52)46-34(40(53)44-3)12-8-11-26-9-6-5-7-10-26/h5-7,9-10,13-17,19-20,25,29,32-34,41,45,54H,8,11-12,18,21-24H2,1-4H3,(H,44,53)(H,46,52)/t29?,32?,33?,34-,41?/m0/s1. The van der Waals surface area contributed by atoms with Crippen LogP contribution in [0.25, 0.3) is 21.9 Å². The molecule has 0 aliphatic carbocycles. The van der Waals surface area contributed by atoms with E-state index in [-0.39, 0.29) is 54.3 Å². The second-order valence-corrected chi connectivity index (χ2v) is 15.9. The number of amides is 3. The first-order chi connectivity index (χ1) is 26.4. The van der Waals surface area contributed by atoms with Gasteiger partial charge in [-0.2, -0.15) is 0 Å². The van der Waals surface area contributed by atoms with Crippen molar-refractivity contribution < 1.29 is 19.5 Å². The van der Waals surface area contributed by atoms with E-state index < -0.39 is 18.2 Å². The molecule has 55 heavy (non-hydrogen) atoms. The number of H-pyrrole nitrogens is 1. The highest BCUT2D eigenvalue weighted by Crippen LogP contribution is 2.39. The number of piperidine rings is 1. The number of aliphatic hydroxyl groups is 1. The van der Waals surface area contributed by atoms with Crippen LogP contribution in [-0.2, 0) is 34.3 Å². The van der Waals surface area contributed by atoms with Gasteiger partial charge in [-0.1, -0.05) is 54.1 Å². The van der Waals surface area contributed by atoms with Crippen LogP contribution in [0.5, 0.6) is 0 Å². The van der Waals surface area contributed by atoms with Crippen molar-refractivity contribution in [3.63, 3.8) is 0 Å². The summed E-state index contributed by atoms with van der Waals surface area (Å²) in [6.07, 6.45) is 2.92. The van der Waals surface area contributed by atoms with Gasteiger partial charge in [0.05, 0.1) is 23.4 Å². The van der Waals surface area contributed by atoms with Gasteiger partial charge in [0.15, 0.2) is 0 Å². The normalized spacial score (nSPS) is 19.8. The van der Waals surface area contributed by atoms with Crippen LogP contribution in [0, 0.1) is 17.8 Å². The number of aromatic nitrogens is 3. The molecule has 4 unspecified atom stereocenters. The number of fused-ring (bicyclic) bond motifs is 3. The maximum atomic E-state index is 14.4. The lowest BCUT2D eigenvalue weighted by atomic mass is 9.79. The predicted octanol–water partition coefficient (Wildman–Crippen LogP) is 4.55. The Morgan fingerprint density at radius 1 is 0.982 bits per heavy atom. The average molecular weight is 768 g/mol. The molecular formula is C42H50ClN7O5. The third-order valence-electron chi connectivity index (χ3n) is 11.6. The molecule has 0 radical (unpaired) electrons. The zero-order valence-corrected chi connectivity index (χ0v) is 32.6. The molecule has 12 nitrogen and oxygen atoms in total. The van der Waals surface area contributed by atoms with Crippen molar-refractivity contribution in [2.24, 2.45) is 24.8 Å². The molecule has 4 heterocycles. The number of nitrogens with zero attached hydrogens (tertiary/aromatic N) is 4. The van der Waals surface area contributed by atoms with E-state index in [0.717, 1.165) is 39.5 Å². The summed E-state index contributed by atoms with van der Waals surface area (Å²) in [5.74, 6) is -1.51. The first kappa shape index (κ1) is 38.4. The van der Waals surface area contributed by atoms with Gasteiger partial charge in [-0.25, -0.2) is 4.79 Å². The molecule has 2 aromatic heterocycles. The SMILES string of the molecule is CNC(=O)[C@H](CCCc1ccccc1)NC(=O)C1CN(C(=O)Cc2c[nH]c3cc(Cl)ccc23)CC2CN(C(O)c3ccc4c(c3)n(C)c(=O)n4C(C)C)CC21. The van der Waals surface area contributed by atoms with Crippen molar-refractivity contribution in [1.29, 1.82) is 0 Å². The lowest BCUT2D eigenvalue weighted by molar-refractivity contribution is -0.140. The molecular weight excluding hydrogens is 718 g/mol. The molecule has 3 amide bonds. The van der Waals surface area contributed by atoms with Crippen LogP contribution in [0.4, 0.5) is 0 Å². The Kier molecular flexibility index (Phi) is 11.2. The summed E-state index contributed by atoms with van der Waals surface area (Å²) >= 11 is 6.20. The molecule has 4 N–H and O–H groups in total. The molecule has 13 heteroatoms. The van der Waals surface area contributed by atoms with Gasteiger partial charge >= 0.3 is 5.69 Å². The van der Waals surface area contributed by atoms with Crippen LogP contribution in [0.3, 0.4) is 0 Å². The lowest BCUT2D eigenvalue weighted by Gasteiger charge is -2.40. The second kappa shape index (κ2) is 16.1. The summed E-state index contributed by atoms with van der Waals surface area (Å²) < 4.78 is 3.34. The zero-order valence-electron chi connectivity index (χ0n) is 31.8. The minimum Gasteiger partial charge on any atom is -0.374 e. The number of imidazole rings is 1. The molecule has 0 spiro atoms. The van der Waals surface area contributed by atoms with Crippen molar-refractivity contribution in [2.45, 2.75) is 57.8 Å². The number of aliphatic hydroxyl groups excluding tert-OH is 1. The molecule has 2 saturated heterocycles. The van der Waals surface area contributed by atoms with E-state index in [0.29, 0.717) is 43.1 Å². The number of nitrogens with one attached hydrogen (secondary N) is 3. The molecule has 5 atom stereocenters. The molecule has 290 valence electrons. The maximum absolute atomic E-state index is 14.4. The number of hydrogen-bond donors (Lipinski definition) is 4. The number of rotatable bonds is 12. The quantitative estimate of drug-likeness (QED) is 0.147. The number of carbonyl (C=O) groups is 3. The largest absolute Gasteiger partial charge is 0.374 e. The van der Waals surface area contributed by atoms with E-state index in [4.69, 9.17) is 11.6 Å². The summed E-state index contributed by atoms with van der Waals surface area (Å²) in [5, 5.41) is 19.1.